The van der Waals surface area contributed by atoms with Crippen LogP contribution in [0, 0.1) is 17.0 Å². The van der Waals surface area contributed by atoms with Crippen molar-refractivity contribution in [2.75, 3.05) is 6.54 Å². The third-order valence-electron chi connectivity index (χ3n) is 3.16. The van der Waals surface area contributed by atoms with E-state index in [0.29, 0.717) is 17.9 Å². The van der Waals surface area contributed by atoms with Crippen molar-refractivity contribution in [1.82, 2.24) is 5.32 Å². The van der Waals surface area contributed by atoms with E-state index in [1.165, 1.54) is 6.07 Å². The van der Waals surface area contributed by atoms with Gasteiger partial charge in [-0.25, -0.2) is 0 Å². The Balaban J connectivity index is 2.24. The predicted molar refractivity (Wildman–Crippen MR) is 77.5 cm³/mol. The quantitative estimate of drug-likeness (QED) is 0.496. The first kappa shape index (κ1) is 14.3. The second-order valence-corrected chi connectivity index (χ2v) is 4.65. The summed E-state index contributed by atoms with van der Waals surface area (Å²) in [5.41, 5.74) is 1.51. The van der Waals surface area contributed by atoms with Crippen LogP contribution in [0.1, 0.15) is 24.7 Å². The summed E-state index contributed by atoms with van der Waals surface area (Å²) in [6.45, 7) is 5.45. The summed E-state index contributed by atoms with van der Waals surface area (Å²) in [5, 5.41) is 14.2. The lowest BCUT2D eigenvalue weighted by atomic mass is 10.1. The maximum absolute atomic E-state index is 10.9. The number of nitrogens with one attached hydrogen (secondary N) is 1. The normalized spacial score (nSPS) is 10.7. The molecular formula is C15H18N2O3. The number of nitro groups is 1. The van der Waals surface area contributed by atoms with Crippen LogP contribution in [-0.4, -0.2) is 11.5 Å². The van der Waals surface area contributed by atoms with Gasteiger partial charge in [-0.2, -0.15) is 0 Å². The van der Waals surface area contributed by atoms with Crippen LogP contribution >= 0.6 is 0 Å². The molecule has 0 aliphatic heterocycles. The largest absolute Gasteiger partial charge is 0.460 e. The van der Waals surface area contributed by atoms with E-state index in [1.807, 2.05) is 18.2 Å². The molecule has 2 rings (SSSR count). The van der Waals surface area contributed by atoms with E-state index in [-0.39, 0.29) is 10.6 Å². The van der Waals surface area contributed by atoms with E-state index in [2.05, 4.69) is 12.2 Å². The number of benzene rings is 1. The third kappa shape index (κ3) is 3.05. The van der Waals surface area contributed by atoms with Crippen LogP contribution in [0.25, 0.3) is 11.3 Å². The first-order valence-corrected chi connectivity index (χ1v) is 6.67. The monoisotopic (exact) mass is 274 g/mol. The molecule has 1 aromatic carbocycles. The minimum atomic E-state index is -0.370. The average Bonchev–Trinajstić information content (AvgIpc) is 2.87. The second-order valence-electron chi connectivity index (χ2n) is 4.65. The van der Waals surface area contributed by atoms with Crippen LogP contribution in [0.4, 0.5) is 5.69 Å². The molecule has 0 saturated heterocycles. The van der Waals surface area contributed by atoms with E-state index in [4.69, 9.17) is 4.42 Å². The Hall–Kier alpha value is -2.14. The van der Waals surface area contributed by atoms with Gasteiger partial charge in [-0.15, -0.1) is 0 Å². The van der Waals surface area contributed by atoms with Crippen LogP contribution in [0.15, 0.2) is 34.7 Å². The van der Waals surface area contributed by atoms with Crippen LogP contribution in [0.2, 0.25) is 0 Å². The summed E-state index contributed by atoms with van der Waals surface area (Å²) in [6.07, 6.45) is 1.07. The zero-order chi connectivity index (χ0) is 14.5. The first-order valence-electron chi connectivity index (χ1n) is 6.67. The topological polar surface area (TPSA) is 68.3 Å². The molecule has 0 bridgehead atoms. The van der Waals surface area contributed by atoms with Crippen molar-refractivity contribution in [3.63, 3.8) is 0 Å². The number of nitrogens with zero attached hydrogens (tertiary/aromatic N) is 1. The van der Waals surface area contributed by atoms with Gasteiger partial charge in [0.05, 0.1) is 11.5 Å². The Bertz CT molecular complexity index is 605. The van der Waals surface area contributed by atoms with Crippen molar-refractivity contribution in [2.45, 2.75) is 26.8 Å². The molecule has 0 saturated carbocycles. The molecule has 20 heavy (non-hydrogen) atoms. The Labute approximate surface area is 117 Å². The summed E-state index contributed by atoms with van der Waals surface area (Å²) in [4.78, 5) is 10.6. The van der Waals surface area contributed by atoms with E-state index in [1.54, 1.807) is 13.0 Å². The molecule has 0 aliphatic carbocycles. The molecule has 0 spiro atoms. The molecule has 1 aromatic heterocycles. The number of hydrogen-bond acceptors (Lipinski definition) is 4. The van der Waals surface area contributed by atoms with Crippen molar-refractivity contribution >= 4 is 5.69 Å². The maximum atomic E-state index is 10.9. The van der Waals surface area contributed by atoms with Crippen molar-refractivity contribution in [3.05, 3.63) is 51.8 Å². The zero-order valence-corrected chi connectivity index (χ0v) is 11.7. The fraction of sp³-hybridized carbons (Fsp3) is 0.333. The maximum Gasteiger partial charge on any atom is 0.273 e. The highest BCUT2D eigenvalue weighted by Gasteiger charge is 2.16. The summed E-state index contributed by atoms with van der Waals surface area (Å²) >= 11 is 0. The van der Waals surface area contributed by atoms with Gasteiger partial charge in [0.25, 0.3) is 5.69 Å². The average molecular weight is 274 g/mol. The highest BCUT2D eigenvalue weighted by atomic mass is 16.6. The Morgan fingerprint density at radius 3 is 2.80 bits per heavy atom. The molecule has 0 atom stereocenters. The van der Waals surface area contributed by atoms with Crippen molar-refractivity contribution < 1.29 is 9.34 Å². The lowest BCUT2D eigenvalue weighted by molar-refractivity contribution is -0.385. The number of nitro benzene ring substituents is 1. The Kier molecular flexibility index (Phi) is 4.53. The highest BCUT2D eigenvalue weighted by Crippen LogP contribution is 2.30. The van der Waals surface area contributed by atoms with E-state index < -0.39 is 0 Å². The third-order valence-corrected chi connectivity index (χ3v) is 3.16. The molecule has 0 unspecified atom stereocenters. The number of rotatable bonds is 6. The molecule has 2 aromatic rings. The van der Waals surface area contributed by atoms with Gasteiger partial charge in [-0.1, -0.05) is 19.1 Å². The van der Waals surface area contributed by atoms with Gasteiger partial charge >= 0.3 is 0 Å². The molecule has 0 fully saturated rings. The SMILES string of the molecule is CCCNCc1ccc(-c2cccc([N+](=O)[O-])c2C)o1. The molecule has 5 nitrogen and oxygen atoms in total. The summed E-state index contributed by atoms with van der Waals surface area (Å²) in [5.74, 6) is 1.50. The highest BCUT2D eigenvalue weighted by molar-refractivity contribution is 5.67. The lowest BCUT2D eigenvalue weighted by Crippen LogP contribution is -2.12. The van der Waals surface area contributed by atoms with E-state index in [9.17, 15) is 10.1 Å². The summed E-state index contributed by atoms with van der Waals surface area (Å²) < 4.78 is 5.75. The van der Waals surface area contributed by atoms with E-state index in [0.717, 1.165) is 24.3 Å². The number of furan rings is 1. The van der Waals surface area contributed by atoms with Gasteiger partial charge < -0.3 is 9.73 Å². The van der Waals surface area contributed by atoms with Crippen LogP contribution in [-0.2, 0) is 6.54 Å². The lowest BCUT2D eigenvalue weighted by Gasteiger charge is -2.03. The zero-order valence-electron chi connectivity index (χ0n) is 11.7. The summed E-state index contributed by atoms with van der Waals surface area (Å²) in [7, 11) is 0. The van der Waals surface area contributed by atoms with Crippen molar-refractivity contribution in [2.24, 2.45) is 0 Å². The Morgan fingerprint density at radius 2 is 2.10 bits per heavy atom. The molecule has 0 radical (unpaired) electrons. The van der Waals surface area contributed by atoms with Gasteiger partial charge in [-0.3, -0.25) is 10.1 Å². The van der Waals surface area contributed by atoms with Crippen LogP contribution < -0.4 is 5.32 Å². The van der Waals surface area contributed by atoms with Gasteiger partial charge in [0.1, 0.15) is 11.5 Å². The van der Waals surface area contributed by atoms with Crippen molar-refractivity contribution in [3.8, 4) is 11.3 Å². The smallest absolute Gasteiger partial charge is 0.273 e. The predicted octanol–water partition coefficient (Wildman–Crippen LogP) is 3.66. The minimum absolute atomic E-state index is 0.115. The molecule has 0 amide bonds. The fourth-order valence-corrected chi connectivity index (χ4v) is 2.09. The van der Waals surface area contributed by atoms with Crippen LogP contribution in [0.5, 0.6) is 0 Å². The van der Waals surface area contributed by atoms with Gasteiger partial charge in [-0.05, 0) is 32.0 Å². The second kappa shape index (κ2) is 6.34. The minimum Gasteiger partial charge on any atom is -0.460 e. The molecule has 106 valence electrons. The fourth-order valence-electron chi connectivity index (χ4n) is 2.09. The molecule has 5 heteroatoms. The number of hydrogen-bond donors (Lipinski definition) is 1. The molecule has 1 heterocycles. The van der Waals surface area contributed by atoms with Gasteiger partial charge in [0.2, 0.25) is 0 Å². The standard InChI is InChI=1S/C15H18N2O3/c1-3-9-16-10-12-7-8-15(20-12)13-5-4-6-14(11(13)2)17(18)19/h4-8,16H,3,9-10H2,1-2H3. The van der Waals surface area contributed by atoms with Gasteiger partial charge in [0.15, 0.2) is 0 Å². The van der Waals surface area contributed by atoms with E-state index >= 15 is 0 Å². The first-order chi connectivity index (χ1) is 9.63. The molecule has 1 N–H and O–H groups in total. The molecular weight excluding hydrogens is 256 g/mol. The summed E-state index contributed by atoms with van der Waals surface area (Å²) in [6, 6.07) is 8.78. The van der Waals surface area contributed by atoms with Gasteiger partial charge in [0, 0.05) is 17.2 Å². The Morgan fingerprint density at radius 1 is 1.30 bits per heavy atom. The van der Waals surface area contributed by atoms with Crippen LogP contribution in [0.3, 0.4) is 0 Å². The molecule has 0 aliphatic rings. The van der Waals surface area contributed by atoms with Crippen molar-refractivity contribution in [1.29, 1.82) is 0 Å².